The van der Waals surface area contributed by atoms with E-state index in [0.29, 0.717) is 11.4 Å². The molecule has 3 rings (SSSR count). The van der Waals surface area contributed by atoms with Gasteiger partial charge in [-0.1, -0.05) is 12.1 Å². The number of hydrogen-bond donors (Lipinski definition) is 2. The smallest absolute Gasteiger partial charge is 0.263 e. The van der Waals surface area contributed by atoms with Crippen LogP contribution in [0.3, 0.4) is 0 Å². The van der Waals surface area contributed by atoms with Crippen molar-refractivity contribution in [1.82, 2.24) is 0 Å². The molecule has 0 saturated heterocycles. The number of alkyl halides is 2. The maximum absolute atomic E-state index is 12.9. The Kier molecular flexibility index (Phi) is 5.05. The lowest BCUT2D eigenvalue weighted by molar-refractivity contribution is -0.135. The highest BCUT2D eigenvalue weighted by atomic mass is 32.1. The number of nitrogens with two attached hydrogens (primary N) is 1. The van der Waals surface area contributed by atoms with Crippen LogP contribution in [-0.2, 0) is 16.8 Å². The number of nitrogens with one attached hydrogen (secondary N) is 1. The third-order valence-corrected chi connectivity index (χ3v) is 6.01. The highest BCUT2D eigenvalue weighted by Crippen LogP contribution is 2.48. The van der Waals surface area contributed by atoms with Crippen molar-refractivity contribution in [3.05, 3.63) is 51.4 Å². The van der Waals surface area contributed by atoms with Crippen molar-refractivity contribution in [1.29, 1.82) is 0 Å². The van der Waals surface area contributed by atoms with Gasteiger partial charge in [-0.25, -0.2) is 8.78 Å². The van der Waals surface area contributed by atoms with Crippen molar-refractivity contribution in [2.24, 2.45) is 5.73 Å². The summed E-state index contributed by atoms with van der Waals surface area (Å²) in [5.74, 6) is -1.23. The van der Waals surface area contributed by atoms with E-state index >= 15 is 0 Å². The summed E-state index contributed by atoms with van der Waals surface area (Å²) >= 11 is 1.23. The van der Waals surface area contributed by atoms with E-state index in [1.807, 2.05) is 27.7 Å². The monoisotopic (exact) mass is 408 g/mol. The molecule has 0 fully saturated rings. The highest BCUT2D eigenvalue weighted by Gasteiger charge is 2.42. The van der Waals surface area contributed by atoms with Crippen LogP contribution in [0.4, 0.5) is 13.8 Å². The molecule has 3 N–H and O–H groups in total. The first-order chi connectivity index (χ1) is 12.9. The Morgan fingerprint density at radius 1 is 1.25 bits per heavy atom. The van der Waals surface area contributed by atoms with Crippen LogP contribution in [0.5, 0.6) is 0 Å². The second-order valence-corrected chi connectivity index (χ2v) is 8.93. The van der Waals surface area contributed by atoms with Gasteiger partial charge >= 0.3 is 0 Å². The van der Waals surface area contributed by atoms with Gasteiger partial charge in [0.1, 0.15) is 5.00 Å². The maximum Gasteiger partial charge on any atom is 0.263 e. The van der Waals surface area contributed by atoms with Gasteiger partial charge in [-0.05, 0) is 45.4 Å². The van der Waals surface area contributed by atoms with E-state index < -0.39 is 29.4 Å². The van der Waals surface area contributed by atoms with Crippen molar-refractivity contribution < 1.29 is 23.1 Å². The number of rotatable bonds is 4. The van der Waals surface area contributed by atoms with Crippen molar-refractivity contribution in [2.45, 2.75) is 51.7 Å². The van der Waals surface area contributed by atoms with Gasteiger partial charge in [0, 0.05) is 22.4 Å². The molecule has 8 heteroatoms. The van der Waals surface area contributed by atoms with Gasteiger partial charge in [0.15, 0.2) is 0 Å². The fourth-order valence-corrected chi connectivity index (χ4v) is 4.92. The molecule has 0 bridgehead atoms. The van der Waals surface area contributed by atoms with E-state index in [1.165, 1.54) is 29.5 Å². The molecule has 1 aromatic heterocycles. The number of primary amides is 1. The number of halogens is 2. The molecule has 0 spiro atoms. The fourth-order valence-electron chi connectivity index (χ4n) is 3.66. The zero-order chi connectivity index (χ0) is 20.9. The molecule has 150 valence electrons. The Hall–Kier alpha value is -2.32. The highest BCUT2D eigenvalue weighted by molar-refractivity contribution is 7.17. The topological polar surface area (TPSA) is 81.4 Å². The number of anilines is 1. The third-order valence-electron chi connectivity index (χ3n) is 4.56. The summed E-state index contributed by atoms with van der Waals surface area (Å²) in [5.41, 5.74) is 5.29. The molecule has 2 aromatic rings. The summed E-state index contributed by atoms with van der Waals surface area (Å²) in [7, 11) is 0. The number of thiophene rings is 1. The Labute approximate surface area is 165 Å². The van der Waals surface area contributed by atoms with Crippen LogP contribution in [0.2, 0.25) is 0 Å². The molecule has 28 heavy (non-hydrogen) atoms. The van der Waals surface area contributed by atoms with E-state index in [0.717, 1.165) is 16.5 Å². The van der Waals surface area contributed by atoms with Gasteiger partial charge in [0.25, 0.3) is 18.2 Å². The second-order valence-electron chi connectivity index (χ2n) is 7.91. The van der Waals surface area contributed by atoms with E-state index in [4.69, 9.17) is 10.5 Å². The summed E-state index contributed by atoms with van der Waals surface area (Å²) in [4.78, 5) is 25.6. The summed E-state index contributed by atoms with van der Waals surface area (Å²) in [6.07, 6.45) is -2.21. The van der Waals surface area contributed by atoms with Crippen LogP contribution < -0.4 is 11.1 Å². The molecule has 0 unspecified atom stereocenters. The molecular formula is C20H22F2N2O3S. The van der Waals surface area contributed by atoms with Crippen molar-refractivity contribution in [2.75, 3.05) is 5.32 Å². The number of hydrogen-bond acceptors (Lipinski definition) is 4. The van der Waals surface area contributed by atoms with Crippen LogP contribution in [0.1, 0.15) is 70.8 Å². The van der Waals surface area contributed by atoms with Crippen LogP contribution in [0, 0.1) is 0 Å². The largest absolute Gasteiger partial charge is 0.365 e. The normalized spacial score (nSPS) is 17.2. The van der Waals surface area contributed by atoms with Gasteiger partial charge in [0.05, 0.1) is 16.8 Å². The molecule has 5 nitrogen and oxygen atoms in total. The van der Waals surface area contributed by atoms with Crippen LogP contribution in [0.15, 0.2) is 24.3 Å². The first-order valence-corrected chi connectivity index (χ1v) is 9.58. The molecule has 0 radical (unpaired) electrons. The molecule has 0 saturated carbocycles. The Bertz CT molecular complexity index is 951. The third kappa shape index (κ3) is 3.79. The summed E-state index contributed by atoms with van der Waals surface area (Å²) in [6, 6.07) is 5.22. The van der Waals surface area contributed by atoms with Gasteiger partial charge in [-0.3, -0.25) is 9.59 Å². The number of carbonyl (C=O) groups is 2. The van der Waals surface area contributed by atoms with E-state index in [9.17, 15) is 18.4 Å². The van der Waals surface area contributed by atoms with Crippen LogP contribution >= 0.6 is 11.3 Å². The van der Waals surface area contributed by atoms with Crippen molar-refractivity contribution in [3.8, 4) is 0 Å². The van der Waals surface area contributed by atoms with E-state index in [1.54, 1.807) is 0 Å². The van der Waals surface area contributed by atoms with Crippen molar-refractivity contribution >= 4 is 28.2 Å². The summed E-state index contributed by atoms with van der Waals surface area (Å²) in [6.45, 7) is 7.64. The average Bonchev–Trinajstić information content (AvgIpc) is 2.91. The van der Waals surface area contributed by atoms with Gasteiger partial charge in [0.2, 0.25) is 0 Å². The quantitative estimate of drug-likeness (QED) is 0.774. The summed E-state index contributed by atoms with van der Waals surface area (Å²) in [5, 5.41) is 2.98. The zero-order valence-corrected chi connectivity index (χ0v) is 16.9. The first-order valence-electron chi connectivity index (χ1n) is 8.77. The second kappa shape index (κ2) is 6.93. The Morgan fingerprint density at radius 3 is 2.54 bits per heavy atom. The predicted molar refractivity (Wildman–Crippen MR) is 104 cm³/mol. The Balaban J connectivity index is 2.02. The van der Waals surface area contributed by atoms with Gasteiger partial charge < -0.3 is 15.8 Å². The lowest BCUT2D eigenvalue weighted by atomic mass is 9.86. The van der Waals surface area contributed by atoms with Crippen LogP contribution in [-0.4, -0.2) is 17.4 Å². The van der Waals surface area contributed by atoms with Gasteiger partial charge in [-0.15, -0.1) is 11.3 Å². The number of fused-ring (bicyclic) bond motifs is 1. The number of benzene rings is 1. The minimum absolute atomic E-state index is 0.0791. The molecule has 0 atom stereocenters. The standard InChI is InChI=1S/C20H22F2N2O3S/c1-19(2)9-12-13(16(23)25)18(28-14(12)20(3,4)27-19)24-17(26)11-7-5-6-10(8-11)15(21)22/h5-8,15H,9H2,1-4H3,(H2,23,25)(H,24,26). The SMILES string of the molecule is CC1(C)Cc2c(sc(NC(=O)c3cccc(C(F)F)c3)c2C(N)=O)C(C)(C)O1. The first kappa shape index (κ1) is 20.4. The van der Waals surface area contributed by atoms with Gasteiger partial charge in [-0.2, -0.15) is 0 Å². The lowest BCUT2D eigenvalue weighted by Crippen LogP contribution is -2.42. The van der Waals surface area contributed by atoms with Crippen molar-refractivity contribution in [3.63, 3.8) is 0 Å². The molecule has 1 aromatic carbocycles. The summed E-state index contributed by atoms with van der Waals surface area (Å²) < 4.78 is 32.0. The minimum atomic E-state index is -2.68. The van der Waals surface area contributed by atoms with E-state index in [2.05, 4.69) is 5.32 Å². The number of ether oxygens (including phenoxy) is 1. The fraction of sp³-hybridized carbons (Fsp3) is 0.400. The lowest BCUT2D eigenvalue weighted by Gasteiger charge is -2.41. The van der Waals surface area contributed by atoms with E-state index in [-0.39, 0.29) is 16.7 Å². The molecule has 1 aliphatic rings. The minimum Gasteiger partial charge on any atom is -0.365 e. The maximum atomic E-state index is 12.9. The Morgan fingerprint density at radius 2 is 1.93 bits per heavy atom. The predicted octanol–water partition coefficient (Wildman–Crippen LogP) is 4.62. The molecule has 2 amide bonds. The molecule has 1 aliphatic heterocycles. The average molecular weight is 408 g/mol. The molecule has 0 aliphatic carbocycles. The molecular weight excluding hydrogens is 386 g/mol. The zero-order valence-electron chi connectivity index (χ0n) is 16.1. The number of carbonyl (C=O) groups excluding carboxylic acids is 2. The molecule has 2 heterocycles. The van der Waals surface area contributed by atoms with Crippen LogP contribution in [0.25, 0.3) is 0 Å². The number of amides is 2.